The van der Waals surface area contributed by atoms with Crippen LogP contribution in [0.3, 0.4) is 0 Å². The molecule has 0 aliphatic rings. The van der Waals surface area contributed by atoms with E-state index in [-0.39, 0.29) is 31.1 Å². The van der Waals surface area contributed by atoms with E-state index >= 15 is 0 Å². The standard InChI is InChI=1S/C45H31ClO6S2/c1-30-5-21-40(22-6-30)53(49,50)41-23-15-33(16-24-41)31-7-11-35(12-8-31)44(47)37-3-2-4-38(29-37)45(48)36-13-9-32(10-14-36)34-17-25-42(26-18-34)54(51,52)43-27-19-39(46)20-28-43/h2-29H,1H3. The molecule has 0 aliphatic carbocycles. The molecular weight excluding hydrogens is 736 g/mol. The third-order valence-corrected chi connectivity index (χ3v) is 13.0. The van der Waals surface area contributed by atoms with Gasteiger partial charge in [0.25, 0.3) is 0 Å². The predicted molar refractivity (Wildman–Crippen MR) is 211 cm³/mol. The van der Waals surface area contributed by atoms with Gasteiger partial charge in [-0.15, -0.1) is 0 Å². The van der Waals surface area contributed by atoms with Gasteiger partial charge in [-0.2, -0.15) is 0 Å². The summed E-state index contributed by atoms with van der Waals surface area (Å²) in [4.78, 5) is 27.7. The van der Waals surface area contributed by atoms with Crippen molar-refractivity contribution in [2.24, 2.45) is 0 Å². The molecule has 0 bridgehead atoms. The number of hydrogen-bond donors (Lipinski definition) is 0. The number of sulfone groups is 2. The Bertz CT molecular complexity index is 2530. The first kappa shape index (κ1) is 36.4. The maximum absolute atomic E-state index is 13.5. The van der Waals surface area contributed by atoms with E-state index in [1.807, 2.05) is 6.92 Å². The summed E-state index contributed by atoms with van der Waals surface area (Å²) < 4.78 is 52.2. The topological polar surface area (TPSA) is 102 Å². The van der Waals surface area contributed by atoms with Gasteiger partial charge in [-0.1, -0.05) is 120 Å². The lowest BCUT2D eigenvalue weighted by Crippen LogP contribution is -2.06. The third kappa shape index (κ3) is 7.45. The van der Waals surface area contributed by atoms with Crippen molar-refractivity contribution in [3.05, 3.63) is 203 Å². The molecular formula is C45H31ClO6S2. The zero-order valence-corrected chi connectivity index (χ0v) is 31.2. The van der Waals surface area contributed by atoms with Gasteiger partial charge in [-0.3, -0.25) is 9.59 Å². The minimum atomic E-state index is -3.70. The second-order valence-corrected chi connectivity index (χ2v) is 17.1. The van der Waals surface area contributed by atoms with E-state index in [4.69, 9.17) is 11.6 Å². The molecule has 0 aromatic heterocycles. The van der Waals surface area contributed by atoms with Crippen molar-refractivity contribution in [2.75, 3.05) is 0 Å². The van der Waals surface area contributed by atoms with Crippen LogP contribution in [0.5, 0.6) is 0 Å². The minimum absolute atomic E-state index is 0.153. The third-order valence-electron chi connectivity index (χ3n) is 9.13. The highest BCUT2D eigenvalue weighted by Gasteiger charge is 2.20. The highest BCUT2D eigenvalue weighted by Crippen LogP contribution is 2.28. The van der Waals surface area contributed by atoms with E-state index in [0.717, 1.165) is 27.8 Å². The Hall–Kier alpha value is -5.93. The molecule has 9 heteroatoms. The first-order valence-corrected chi connectivity index (χ1v) is 20.2. The van der Waals surface area contributed by atoms with E-state index in [0.29, 0.717) is 27.3 Å². The second-order valence-electron chi connectivity index (χ2n) is 12.7. The van der Waals surface area contributed by atoms with Crippen LogP contribution in [0.1, 0.15) is 37.4 Å². The normalized spacial score (nSPS) is 11.6. The molecule has 0 atom stereocenters. The van der Waals surface area contributed by atoms with Crippen molar-refractivity contribution < 1.29 is 26.4 Å². The molecule has 0 N–H and O–H groups in total. The van der Waals surface area contributed by atoms with Crippen LogP contribution in [-0.4, -0.2) is 28.4 Å². The number of aryl methyl sites for hydroxylation is 1. The lowest BCUT2D eigenvalue weighted by Gasteiger charge is -2.09. The first-order chi connectivity index (χ1) is 25.9. The molecule has 0 unspecified atom stereocenters. The molecule has 7 aromatic carbocycles. The van der Waals surface area contributed by atoms with Gasteiger partial charge in [-0.25, -0.2) is 16.8 Å². The van der Waals surface area contributed by atoms with E-state index in [2.05, 4.69) is 0 Å². The summed E-state index contributed by atoms with van der Waals surface area (Å²) in [5.41, 5.74) is 5.79. The number of benzene rings is 7. The van der Waals surface area contributed by atoms with Gasteiger partial charge in [0.2, 0.25) is 19.7 Å². The van der Waals surface area contributed by atoms with Gasteiger partial charge in [0.05, 0.1) is 19.6 Å². The SMILES string of the molecule is Cc1ccc(S(=O)(=O)c2ccc(-c3ccc(C(=O)c4cccc(C(=O)c5ccc(-c6ccc(S(=O)(=O)c7ccc(Cl)cc7)cc6)cc5)c4)cc3)cc2)cc1. The molecule has 0 radical (unpaired) electrons. The van der Waals surface area contributed by atoms with Gasteiger partial charge < -0.3 is 0 Å². The maximum Gasteiger partial charge on any atom is 0.206 e. The Balaban J connectivity index is 1.02. The molecule has 54 heavy (non-hydrogen) atoms. The quantitative estimate of drug-likeness (QED) is 0.128. The molecule has 7 aromatic rings. The smallest absolute Gasteiger partial charge is 0.206 e. The summed E-state index contributed by atoms with van der Waals surface area (Å²) in [6.07, 6.45) is 0. The Labute approximate surface area is 319 Å². The lowest BCUT2D eigenvalue weighted by molar-refractivity contribution is 0.103. The summed E-state index contributed by atoms with van der Waals surface area (Å²) in [6.45, 7) is 1.90. The van der Waals surface area contributed by atoms with E-state index in [1.54, 1.807) is 146 Å². The molecule has 6 nitrogen and oxygen atoms in total. The van der Waals surface area contributed by atoms with Gasteiger partial charge in [-0.05, 0) is 95.9 Å². The Morgan fingerprint density at radius 3 is 1.04 bits per heavy atom. The number of rotatable bonds is 10. The van der Waals surface area contributed by atoms with Crippen molar-refractivity contribution in [1.82, 2.24) is 0 Å². The van der Waals surface area contributed by atoms with Crippen molar-refractivity contribution in [2.45, 2.75) is 26.5 Å². The second kappa shape index (κ2) is 14.8. The maximum atomic E-state index is 13.5. The zero-order chi connectivity index (χ0) is 38.0. The molecule has 0 amide bonds. The average Bonchev–Trinajstić information content (AvgIpc) is 3.21. The van der Waals surface area contributed by atoms with Crippen molar-refractivity contribution >= 4 is 42.8 Å². The summed E-state index contributed by atoms with van der Waals surface area (Å²) in [6, 6.07) is 46.5. The lowest BCUT2D eigenvalue weighted by atomic mass is 9.95. The van der Waals surface area contributed by atoms with Crippen molar-refractivity contribution in [3.8, 4) is 22.3 Å². The first-order valence-electron chi connectivity index (χ1n) is 16.8. The summed E-state index contributed by atoms with van der Waals surface area (Å²) >= 11 is 5.91. The van der Waals surface area contributed by atoms with Crippen LogP contribution >= 0.6 is 11.6 Å². The highest BCUT2D eigenvalue weighted by atomic mass is 35.5. The van der Waals surface area contributed by atoms with E-state index in [1.165, 1.54) is 24.3 Å². The van der Waals surface area contributed by atoms with E-state index in [9.17, 15) is 26.4 Å². The summed E-state index contributed by atoms with van der Waals surface area (Å²) in [5.74, 6) is -0.489. The van der Waals surface area contributed by atoms with E-state index < -0.39 is 19.7 Å². The van der Waals surface area contributed by atoms with Gasteiger partial charge in [0, 0.05) is 27.3 Å². The monoisotopic (exact) mass is 766 g/mol. The average molecular weight is 767 g/mol. The van der Waals surface area contributed by atoms with Crippen LogP contribution in [0.4, 0.5) is 0 Å². The van der Waals surface area contributed by atoms with Crippen molar-refractivity contribution in [3.63, 3.8) is 0 Å². The van der Waals surface area contributed by atoms with Crippen LogP contribution < -0.4 is 0 Å². The molecule has 0 spiro atoms. The summed E-state index contributed by atoms with van der Waals surface area (Å²) in [5, 5.41) is 0.451. The van der Waals surface area contributed by atoms with Gasteiger partial charge in [0.1, 0.15) is 0 Å². The molecule has 266 valence electrons. The van der Waals surface area contributed by atoms with Crippen LogP contribution in [0, 0.1) is 6.92 Å². The fourth-order valence-electron chi connectivity index (χ4n) is 6.02. The van der Waals surface area contributed by atoms with Crippen molar-refractivity contribution in [1.29, 1.82) is 0 Å². The molecule has 0 saturated carbocycles. The van der Waals surface area contributed by atoms with Crippen LogP contribution in [0.15, 0.2) is 189 Å². The number of carbonyl (C=O) groups is 2. The minimum Gasteiger partial charge on any atom is -0.289 e. The largest absolute Gasteiger partial charge is 0.289 e. The number of halogens is 1. The fraction of sp³-hybridized carbons (Fsp3) is 0.0222. The highest BCUT2D eigenvalue weighted by molar-refractivity contribution is 7.91. The predicted octanol–water partition coefficient (Wildman–Crippen LogP) is 10.1. The number of carbonyl (C=O) groups excluding carboxylic acids is 2. The molecule has 0 saturated heterocycles. The zero-order valence-electron chi connectivity index (χ0n) is 28.8. The molecule has 0 heterocycles. The van der Waals surface area contributed by atoms with Crippen LogP contribution in [-0.2, 0) is 19.7 Å². The van der Waals surface area contributed by atoms with Gasteiger partial charge in [0.15, 0.2) is 11.6 Å². The van der Waals surface area contributed by atoms with Crippen LogP contribution in [0.25, 0.3) is 22.3 Å². The summed E-state index contributed by atoms with van der Waals surface area (Å²) in [7, 11) is -7.35. The molecule has 0 fully saturated rings. The Morgan fingerprint density at radius 1 is 0.389 bits per heavy atom. The fourth-order valence-corrected chi connectivity index (χ4v) is 8.67. The van der Waals surface area contributed by atoms with Crippen LogP contribution in [0.2, 0.25) is 5.02 Å². The molecule has 7 rings (SSSR count). The Kier molecular flexibility index (Phi) is 10.0. The number of ketones is 2. The van der Waals surface area contributed by atoms with Gasteiger partial charge >= 0.3 is 0 Å². The number of hydrogen-bond acceptors (Lipinski definition) is 6. The molecule has 0 aliphatic heterocycles. The Morgan fingerprint density at radius 2 is 0.685 bits per heavy atom.